The Morgan fingerprint density at radius 2 is 2.22 bits per heavy atom. The summed E-state index contributed by atoms with van der Waals surface area (Å²) in [7, 11) is 1.20. The molecule has 0 bridgehead atoms. The monoisotopic (exact) mass is 322 g/mol. The summed E-state index contributed by atoms with van der Waals surface area (Å²) in [5, 5.41) is 13.6. The second-order valence-corrected chi connectivity index (χ2v) is 5.18. The largest absolute Gasteiger partial charge is 0.467 e. The highest BCUT2D eigenvalue weighted by Crippen LogP contribution is 2.20. The van der Waals surface area contributed by atoms with Crippen molar-refractivity contribution in [3.63, 3.8) is 0 Å². The minimum Gasteiger partial charge on any atom is -0.467 e. The second kappa shape index (κ2) is 7.68. The number of hydrogen-bond acceptors (Lipinski definition) is 6. The SMILES string of the molecule is COC(=O)[C@@H](Cc1ccccc1[N+](=O)[O-])NC(=O)[C@@H]1CCCO1. The quantitative estimate of drug-likeness (QED) is 0.475. The van der Waals surface area contributed by atoms with Crippen LogP contribution in [-0.4, -0.2) is 42.7 Å². The summed E-state index contributed by atoms with van der Waals surface area (Å²) in [5.74, 6) is -1.06. The number of methoxy groups -OCH3 is 1. The molecular weight excluding hydrogens is 304 g/mol. The van der Waals surface area contributed by atoms with Crippen molar-refractivity contribution < 1.29 is 24.0 Å². The molecule has 0 saturated carbocycles. The van der Waals surface area contributed by atoms with Gasteiger partial charge in [-0.2, -0.15) is 0 Å². The van der Waals surface area contributed by atoms with E-state index in [1.165, 1.54) is 13.2 Å². The van der Waals surface area contributed by atoms with Crippen LogP contribution in [0.2, 0.25) is 0 Å². The van der Waals surface area contributed by atoms with Crippen molar-refractivity contribution in [1.29, 1.82) is 0 Å². The molecule has 1 amide bonds. The fraction of sp³-hybridized carbons (Fsp3) is 0.467. The highest BCUT2D eigenvalue weighted by molar-refractivity contribution is 5.87. The van der Waals surface area contributed by atoms with Crippen LogP contribution in [0.5, 0.6) is 0 Å². The first-order valence-corrected chi connectivity index (χ1v) is 7.25. The van der Waals surface area contributed by atoms with E-state index in [9.17, 15) is 19.7 Å². The summed E-state index contributed by atoms with van der Waals surface area (Å²) in [4.78, 5) is 34.5. The molecule has 1 aliphatic rings. The van der Waals surface area contributed by atoms with Gasteiger partial charge in [-0.25, -0.2) is 4.79 Å². The van der Waals surface area contributed by atoms with Crippen molar-refractivity contribution in [2.45, 2.75) is 31.4 Å². The van der Waals surface area contributed by atoms with Crippen LogP contribution in [0.4, 0.5) is 5.69 Å². The molecule has 2 rings (SSSR count). The number of rotatable bonds is 6. The molecule has 0 unspecified atom stereocenters. The first kappa shape index (κ1) is 16.9. The molecule has 23 heavy (non-hydrogen) atoms. The summed E-state index contributed by atoms with van der Waals surface area (Å²) in [6, 6.07) is 5.08. The summed E-state index contributed by atoms with van der Waals surface area (Å²) in [6.45, 7) is 0.505. The van der Waals surface area contributed by atoms with Gasteiger partial charge in [0.15, 0.2) is 0 Å². The van der Waals surface area contributed by atoms with Gasteiger partial charge in [0, 0.05) is 24.7 Å². The van der Waals surface area contributed by atoms with E-state index in [-0.39, 0.29) is 12.1 Å². The summed E-state index contributed by atoms with van der Waals surface area (Å²) >= 11 is 0. The third-order valence-corrected chi connectivity index (χ3v) is 3.64. The van der Waals surface area contributed by atoms with E-state index in [0.717, 1.165) is 6.42 Å². The topological polar surface area (TPSA) is 108 Å². The number of nitrogens with one attached hydrogen (secondary N) is 1. The van der Waals surface area contributed by atoms with Gasteiger partial charge in [0.05, 0.1) is 12.0 Å². The Morgan fingerprint density at radius 3 is 2.83 bits per heavy atom. The molecule has 8 nitrogen and oxygen atoms in total. The molecule has 1 saturated heterocycles. The van der Waals surface area contributed by atoms with Gasteiger partial charge in [0.1, 0.15) is 12.1 Å². The maximum absolute atomic E-state index is 12.1. The number of hydrogen-bond donors (Lipinski definition) is 1. The third kappa shape index (κ3) is 4.26. The molecule has 1 aromatic carbocycles. The molecule has 1 N–H and O–H groups in total. The van der Waals surface area contributed by atoms with Gasteiger partial charge in [-0.3, -0.25) is 14.9 Å². The number of nitro benzene ring substituents is 1. The summed E-state index contributed by atoms with van der Waals surface area (Å²) in [6.07, 6.45) is 0.756. The van der Waals surface area contributed by atoms with Crippen LogP contribution in [0.15, 0.2) is 24.3 Å². The van der Waals surface area contributed by atoms with Crippen LogP contribution in [-0.2, 0) is 25.5 Å². The molecule has 1 aliphatic heterocycles. The minimum absolute atomic E-state index is 0.0255. The van der Waals surface area contributed by atoms with Crippen LogP contribution in [0.25, 0.3) is 0 Å². The van der Waals surface area contributed by atoms with Crippen molar-refractivity contribution >= 4 is 17.6 Å². The fourth-order valence-corrected chi connectivity index (χ4v) is 2.47. The van der Waals surface area contributed by atoms with E-state index in [0.29, 0.717) is 18.6 Å². The molecule has 1 fully saturated rings. The number of nitro groups is 1. The summed E-state index contributed by atoms with van der Waals surface area (Å²) in [5.41, 5.74) is 0.244. The van der Waals surface area contributed by atoms with Gasteiger partial charge in [0.25, 0.3) is 5.69 Å². The first-order valence-electron chi connectivity index (χ1n) is 7.25. The zero-order chi connectivity index (χ0) is 16.8. The molecule has 0 radical (unpaired) electrons. The van der Waals surface area contributed by atoms with Crippen molar-refractivity contribution in [3.05, 3.63) is 39.9 Å². The lowest BCUT2D eigenvalue weighted by Crippen LogP contribution is -2.47. The molecule has 1 aromatic rings. The fourth-order valence-electron chi connectivity index (χ4n) is 2.47. The molecule has 124 valence electrons. The minimum atomic E-state index is -1.00. The molecule has 0 spiro atoms. The van der Waals surface area contributed by atoms with E-state index in [2.05, 4.69) is 10.1 Å². The number of carbonyl (C=O) groups excluding carboxylic acids is 2. The Balaban J connectivity index is 2.14. The van der Waals surface area contributed by atoms with Gasteiger partial charge in [-0.05, 0) is 12.8 Å². The van der Waals surface area contributed by atoms with Crippen LogP contribution in [0, 0.1) is 10.1 Å². The Bertz CT molecular complexity index is 597. The molecule has 8 heteroatoms. The lowest BCUT2D eigenvalue weighted by Gasteiger charge is -2.18. The van der Waals surface area contributed by atoms with Crippen LogP contribution in [0.1, 0.15) is 18.4 Å². The van der Waals surface area contributed by atoms with E-state index < -0.39 is 28.9 Å². The van der Waals surface area contributed by atoms with Gasteiger partial charge >= 0.3 is 5.97 Å². The maximum atomic E-state index is 12.1. The second-order valence-electron chi connectivity index (χ2n) is 5.18. The Morgan fingerprint density at radius 1 is 1.48 bits per heavy atom. The molecule has 2 atom stereocenters. The first-order chi connectivity index (χ1) is 11.0. The number of ether oxygens (including phenoxy) is 2. The summed E-state index contributed by atoms with van der Waals surface area (Å²) < 4.78 is 9.95. The smallest absolute Gasteiger partial charge is 0.328 e. The normalized spacial score (nSPS) is 18.2. The standard InChI is InChI=1S/C15H18N2O6/c1-22-15(19)11(16-14(18)13-7-4-8-23-13)9-10-5-2-3-6-12(10)17(20)21/h2-3,5-6,11,13H,4,7-9H2,1H3,(H,16,18)/t11-,13+/m1/s1. The molecule has 0 aromatic heterocycles. The number of carbonyl (C=O) groups is 2. The van der Waals surface area contributed by atoms with E-state index in [4.69, 9.17) is 4.74 Å². The number of amides is 1. The van der Waals surface area contributed by atoms with Crippen LogP contribution < -0.4 is 5.32 Å². The third-order valence-electron chi connectivity index (χ3n) is 3.64. The van der Waals surface area contributed by atoms with Gasteiger partial charge in [0.2, 0.25) is 5.91 Å². The Labute approximate surface area is 132 Å². The van der Waals surface area contributed by atoms with E-state index in [1.54, 1.807) is 18.2 Å². The highest BCUT2D eigenvalue weighted by Gasteiger charge is 2.30. The van der Waals surface area contributed by atoms with Crippen LogP contribution in [0.3, 0.4) is 0 Å². The van der Waals surface area contributed by atoms with Crippen LogP contribution >= 0.6 is 0 Å². The number of esters is 1. The van der Waals surface area contributed by atoms with E-state index >= 15 is 0 Å². The number of nitrogens with zero attached hydrogens (tertiary/aromatic N) is 1. The lowest BCUT2D eigenvalue weighted by molar-refractivity contribution is -0.385. The van der Waals surface area contributed by atoms with Crippen molar-refractivity contribution in [3.8, 4) is 0 Å². The molecule has 1 heterocycles. The van der Waals surface area contributed by atoms with Crippen molar-refractivity contribution in [2.24, 2.45) is 0 Å². The number of benzene rings is 1. The van der Waals surface area contributed by atoms with E-state index in [1.807, 2.05) is 0 Å². The molecule has 0 aliphatic carbocycles. The van der Waals surface area contributed by atoms with Gasteiger partial charge in [-0.1, -0.05) is 18.2 Å². The average Bonchev–Trinajstić information content (AvgIpc) is 3.08. The maximum Gasteiger partial charge on any atom is 0.328 e. The molecular formula is C15H18N2O6. The highest BCUT2D eigenvalue weighted by atomic mass is 16.6. The van der Waals surface area contributed by atoms with Gasteiger partial charge < -0.3 is 14.8 Å². The zero-order valence-corrected chi connectivity index (χ0v) is 12.7. The average molecular weight is 322 g/mol. The van der Waals surface area contributed by atoms with Gasteiger partial charge in [-0.15, -0.1) is 0 Å². The predicted molar refractivity (Wildman–Crippen MR) is 79.7 cm³/mol. The number of para-hydroxylation sites is 1. The Hall–Kier alpha value is -2.48. The Kier molecular flexibility index (Phi) is 5.64. The van der Waals surface area contributed by atoms with Crippen molar-refractivity contribution in [1.82, 2.24) is 5.32 Å². The zero-order valence-electron chi connectivity index (χ0n) is 12.7. The van der Waals surface area contributed by atoms with Crippen molar-refractivity contribution in [2.75, 3.05) is 13.7 Å². The lowest BCUT2D eigenvalue weighted by atomic mass is 10.0. The predicted octanol–water partition coefficient (Wildman–Crippen LogP) is 0.974.